The number of nitrogens with one attached hydrogen (secondary N) is 1. The lowest BCUT2D eigenvalue weighted by Crippen LogP contribution is -2.76. The molecule has 4 atom stereocenters. The molecule has 3 aliphatic rings. The quantitative estimate of drug-likeness (QED) is 0.360. The molecular formula is C23H21BrN4O6. The van der Waals surface area contributed by atoms with Gasteiger partial charge in [0.2, 0.25) is 5.91 Å². The van der Waals surface area contributed by atoms with Crippen molar-refractivity contribution in [2.75, 3.05) is 16.3 Å². The maximum absolute atomic E-state index is 14.1. The summed E-state index contributed by atoms with van der Waals surface area (Å²) < 4.78 is 6.81. The number of benzene rings is 2. The van der Waals surface area contributed by atoms with E-state index in [1.54, 1.807) is 37.3 Å². The van der Waals surface area contributed by atoms with Crippen molar-refractivity contribution in [3.63, 3.8) is 0 Å². The lowest BCUT2D eigenvalue weighted by molar-refractivity contribution is -0.384. The van der Waals surface area contributed by atoms with Crippen LogP contribution in [0.4, 0.5) is 21.9 Å². The molecule has 3 heterocycles. The molecule has 3 aliphatic heterocycles. The highest BCUT2D eigenvalue weighted by Crippen LogP contribution is 2.49. The summed E-state index contributed by atoms with van der Waals surface area (Å²) in [6, 6.07) is 9.52. The van der Waals surface area contributed by atoms with E-state index >= 15 is 0 Å². The second-order valence-corrected chi connectivity index (χ2v) is 9.76. The standard InChI is InChI=1S/C23H21BrN4O6/c1-12-11-26-18-8-7-17(28(32)33)9-14(18)10-23(19(26)13(2)34-12)20(29)25-22(31)27(21(23)30)16-5-3-15(24)4-6-16/h3-9,12-13,19H,10-11H2,1-2H3,(H,25,29,31). The van der Waals surface area contributed by atoms with Gasteiger partial charge in [-0.25, -0.2) is 9.69 Å². The molecular weight excluding hydrogens is 508 g/mol. The SMILES string of the molecule is CC1CN2c3ccc([N+](=O)[O-])cc3CC3(C(=O)NC(=O)N(c4ccc(Br)cc4)C3=O)C2C(C)O1. The first-order chi connectivity index (χ1) is 16.1. The Kier molecular flexibility index (Phi) is 5.21. The number of barbiturate groups is 1. The van der Waals surface area contributed by atoms with Crippen molar-refractivity contribution in [1.82, 2.24) is 5.32 Å². The Bertz CT molecular complexity index is 1230. The van der Waals surface area contributed by atoms with Crippen LogP contribution in [0.25, 0.3) is 0 Å². The summed E-state index contributed by atoms with van der Waals surface area (Å²) in [6.07, 6.45) is -0.824. The van der Waals surface area contributed by atoms with E-state index in [1.165, 1.54) is 12.1 Å². The number of nitro groups is 1. The minimum absolute atomic E-state index is 0.0990. The Labute approximate surface area is 203 Å². The molecule has 2 saturated heterocycles. The Morgan fingerprint density at radius 1 is 1.15 bits per heavy atom. The molecule has 0 bridgehead atoms. The lowest BCUT2D eigenvalue weighted by Gasteiger charge is -2.56. The minimum Gasteiger partial charge on any atom is -0.372 e. The number of carbonyl (C=O) groups excluding carboxylic acids is 3. The molecule has 10 nitrogen and oxygen atoms in total. The smallest absolute Gasteiger partial charge is 0.335 e. The van der Waals surface area contributed by atoms with Crippen molar-refractivity contribution in [2.24, 2.45) is 5.41 Å². The molecule has 1 N–H and O–H groups in total. The van der Waals surface area contributed by atoms with Crippen molar-refractivity contribution in [2.45, 2.75) is 38.5 Å². The van der Waals surface area contributed by atoms with Gasteiger partial charge in [-0.05, 0) is 49.7 Å². The van der Waals surface area contributed by atoms with Gasteiger partial charge in [-0.3, -0.25) is 25.0 Å². The van der Waals surface area contributed by atoms with Crippen LogP contribution in [0.5, 0.6) is 0 Å². The Morgan fingerprint density at radius 2 is 1.85 bits per heavy atom. The van der Waals surface area contributed by atoms with Crippen LogP contribution < -0.4 is 15.1 Å². The van der Waals surface area contributed by atoms with E-state index in [0.29, 0.717) is 17.8 Å². The zero-order valence-electron chi connectivity index (χ0n) is 18.4. The van der Waals surface area contributed by atoms with Crippen LogP contribution in [0.1, 0.15) is 19.4 Å². The van der Waals surface area contributed by atoms with Gasteiger partial charge in [-0.1, -0.05) is 15.9 Å². The fourth-order valence-corrected chi connectivity index (χ4v) is 5.71. The van der Waals surface area contributed by atoms with Gasteiger partial charge < -0.3 is 9.64 Å². The van der Waals surface area contributed by atoms with E-state index in [1.807, 2.05) is 11.8 Å². The molecule has 34 heavy (non-hydrogen) atoms. The van der Waals surface area contributed by atoms with Gasteiger partial charge >= 0.3 is 6.03 Å². The van der Waals surface area contributed by atoms with E-state index in [9.17, 15) is 24.5 Å². The van der Waals surface area contributed by atoms with Crippen molar-refractivity contribution in [3.05, 3.63) is 62.6 Å². The summed E-state index contributed by atoms with van der Waals surface area (Å²) in [5.74, 6) is -1.41. The number of rotatable bonds is 2. The van der Waals surface area contributed by atoms with Gasteiger partial charge in [0.05, 0.1) is 28.9 Å². The average Bonchev–Trinajstić information content (AvgIpc) is 2.78. The van der Waals surface area contributed by atoms with Crippen LogP contribution in [-0.4, -0.2) is 47.6 Å². The van der Waals surface area contributed by atoms with E-state index < -0.39 is 40.3 Å². The molecule has 0 aromatic heterocycles. The van der Waals surface area contributed by atoms with Gasteiger partial charge in [0, 0.05) is 35.3 Å². The van der Waals surface area contributed by atoms with Crippen molar-refractivity contribution < 1.29 is 24.0 Å². The highest BCUT2D eigenvalue weighted by Gasteiger charge is 2.65. The molecule has 2 aromatic carbocycles. The molecule has 176 valence electrons. The monoisotopic (exact) mass is 528 g/mol. The van der Waals surface area contributed by atoms with Crippen LogP contribution in [0.3, 0.4) is 0 Å². The third kappa shape index (κ3) is 3.22. The number of anilines is 2. The van der Waals surface area contributed by atoms with Crippen LogP contribution in [0, 0.1) is 15.5 Å². The van der Waals surface area contributed by atoms with Gasteiger partial charge in [0.25, 0.3) is 11.6 Å². The first-order valence-electron chi connectivity index (χ1n) is 10.8. The number of nitrogens with zero attached hydrogens (tertiary/aromatic N) is 3. The second kappa shape index (κ2) is 7.88. The average molecular weight is 529 g/mol. The maximum Gasteiger partial charge on any atom is 0.335 e. The molecule has 5 rings (SSSR count). The van der Waals surface area contributed by atoms with E-state index in [-0.39, 0.29) is 18.2 Å². The predicted molar refractivity (Wildman–Crippen MR) is 126 cm³/mol. The van der Waals surface area contributed by atoms with Gasteiger partial charge in [0.1, 0.15) is 0 Å². The number of nitro benzene ring substituents is 1. The Hall–Kier alpha value is -3.31. The molecule has 1 spiro atoms. The van der Waals surface area contributed by atoms with E-state index in [4.69, 9.17) is 4.74 Å². The first-order valence-corrected chi connectivity index (χ1v) is 11.6. The molecule has 0 radical (unpaired) electrons. The van der Waals surface area contributed by atoms with Crippen molar-refractivity contribution in [3.8, 4) is 0 Å². The van der Waals surface area contributed by atoms with E-state index in [0.717, 1.165) is 15.1 Å². The molecule has 0 saturated carbocycles. The lowest BCUT2D eigenvalue weighted by atomic mass is 9.66. The first kappa shape index (κ1) is 22.5. The summed E-state index contributed by atoms with van der Waals surface area (Å²) >= 11 is 3.34. The number of hydrogen-bond acceptors (Lipinski definition) is 7. The number of carbonyl (C=O) groups is 3. The maximum atomic E-state index is 14.1. The zero-order chi connectivity index (χ0) is 24.4. The number of amides is 4. The van der Waals surface area contributed by atoms with Crippen molar-refractivity contribution >= 4 is 50.8 Å². The predicted octanol–water partition coefficient (Wildman–Crippen LogP) is 3.17. The summed E-state index contributed by atoms with van der Waals surface area (Å²) in [4.78, 5) is 54.3. The van der Waals surface area contributed by atoms with Crippen LogP contribution in [0.2, 0.25) is 0 Å². The highest BCUT2D eigenvalue weighted by atomic mass is 79.9. The second-order valence-electron chi connectivity index (χ2n) is 8.84. The topological polar surface area (TPSA) is 122 Å². The van der Waals surface area contributed by atoms with Gasteiger partial charge in [-0.15, -0.1) is 0 Å². The molecule has 2 fully saturated rings. The number of hydrogen-bond donors (Lipinski definition) is 1. The highest BCUT2D eigenvalue weighted by molar-refractivity contribution is 9.10. The number of urea groups is 1. The third-order valence-electron chi connectivity index (χ3n) is 6.74. The zero-order valence-corrected chi connectivity index (χ0v) is 19.9. The molecule has 2 aromatic rings. The van der Waals surface area contributed by atoms with Crippen LogP contribution in [0.15, 0.2) is 46.9 Å². The summed E-state index contributed by atoms with van der Waals surface area (Å²) in [6.45, 7) is 4.07. The van der Waals surface area contributed by atoms with Crippen LogP contribution in [-0.2, 0) is 20.7 Å². The number of fused-ring (bicyclic) bond motifs is 4. The third-order valence-corrected chi connectivity index (χ3v) is 7.27. The van der Waals surface area contributed by atoms with E-state index in [2.05, 4.69) is 21.2 Å². The normalized spacial score (nSPS) is 28.4. The number of ether oxygens (including phenoxy) is 1. The fourth-order valence-electron chi connectivity index (χ4n) is 5.45. The summed E-state index contributed by atoms with van der Waals surface area (Å²) in [5, 5.41) is 13.8. The molecule has 4 unspecified atom stereocenters. The van der Waals surface area contributed by atoms with Crippen molar-refractivity contribution in [1.29, 1.82) is 0 Å². The van der Waals surface area contributed by atoms with Gasteiger partial charge in [-0.2, -0.15) is 0 Å². The summed E-state index contributed by atoms with van der Waals surface area (Å²) in [5.41, 5.74) is -0.322. The van der Waals surface area contributed by atoms with Crippen LogP contribution >= 0.6 is 15.9 Å². The fraction of sp³-hybridized carbons (Fsp3) is 0.348. The summed E-state index contributed by atoms with van der Waals surface area (Å²) in [7, 11) is 0. The minimum atomic E-state index is -1.72. The Morgan fingerprint density at radius 3 is 2.53 bits per heavy atom. The Balaban J connectivity index is 1.70. The number of non-ortho nitro benzene ring substituents is 1. The molecule has 4 amide bonds. The molecule has 11 heteroatoms. The number of morpholine rings is 1. The number of imide groups is 2. The number of halogens is 1. The molecule has 0 aliphatic carbocycles. The van der Waals surface area contributed by atoms with Gasteiger partial charge in [0.15, 0.2) is 5.41 Å². The largest absolute Gasteiger partial charge is 0.372 e.